The van der Waals surface area contributed by atoms with E-state index in [-0.39, 0.29) is 11.8 Å². The normalized spacial score (nSPS) is 14.7. The SMILES string of the molecule is C/C(=N/[S@](=O)C(C)(C)C)c1cc([N+](=O)[O-])cc(C(F)(F)F)c1F. The quantitative estimate of drug-likeness (QED) is 0.356. The van der Waals surface area contributed by atoms with Crippen molar-refractivity contribution < 1.29 is 26.7 Å². The highest BCUT2D eigenvalue weighted by molar-refractivity contribution is 7.85. The number of nitro benzene ring substituents is 1. The van der Waals surface area contributed by atoms with Gasteiger partial charge in [0, 0.05) is 17.7 Å². The molecule has 128 valence electrons. The highest BCUT2D eigenvalue weighted by Crippen LogP contribution is 2.35. The highest BCUT2D eigenvalue weighted by Gasteiger charge is 2.37. The number of rotatable bonds is 3. The summed E-state index contributed by atoms with van der Waals surface area (Å²) < 4.78 is 67.3. The van der Waals surface area contributed by atoms with Crippen LogP contribution >= 0.6 is 0 Å². The minimum atomic E-state index is -5.10. The largest absolute Gasteiger partial charge is 0.419 e. The lowest BCUT2D eigenvalue weighted by atomic mass is 10.0. The van der Waals surface area contributed by atoms with E-state index in [4.69, 9.17) is 0 Å². The van der Waals surface area contributed by atoms with Crippen LogP contribution in [0.4, 0.5) is 23.2 Å². The van der Waals surface area contributed by atoms with Gasteiger partial charge in [0.2, 0.25) is 0 Å². The van der Waals surface area contributed by atoms with Gasteiger partial charge >= 0.3 is 6.18 Å². The molecule has 1 rings (SSSR count). The van der Waals surface area contributed by atoms with Gasteiger partial charge in [-0.05, 0) is 27.7 Å². The zero-order chi connectivity index (χ0) is 18.2. The summed E-state index contributed by atoms with van der Waals surface area (Å²) >= 11 is 0. The molecule has 0 bridgehead atoms. The first kappa shape index (κ1) is 19.2. The van der Waals surface area contributed by atoms with Crippen LogP contribution in [0.25, 0.3) is 0 Å². The van der Waals surface area contributed by atoms with Gasteiger partial charge < -0.3 is 0 Å². The Hall–Kier alpha value is -1.84. The minimum Gasteiger partial charge on any atom is -0.258 e. The molecule has 0 fully saturated rings. The zero-order valence-corrected chi connectivity index (χ0v) is 13.5. The number of benzene rings is 1. The van der Waals surface area contributed by atoms with Crippen molar-refractivity contribution in [3.63, 3.8) is 0 Å². The Morgan fingerprint density at radius 1 is 1.26 bits per heavy atom. The molecule has 0 aromatic heterocycles. The van der Waals surface area contributed by atoms with Gasteiger partial charge in [-0.2, -0.15) is 17.6 Å². The van der Waals surface area contributed by atoms with Crippen LogP contribution in [0.2, 0.25) is 0 Å². The Morgan fingerprint density at radius 3 is 2.17 bits per heavy atom. The van der Waals surface area contributed by atoms with Crippen LogP contribution in [0.1, 0.15) is 38.8 Å². The van der Waals surface area contributed by atoms with Gasteiger partial charge in [-0.1, -0.05) is 0 Å². The molecule has 0 radical (unpaired) electrons. The summed E-state index contributed by atoms with van der Waals surface area (Å²) in [5, 5.41) is 10.8. The van der Waals surface area contributed by atoms with Crippen LogP contribution in [0.5, 0.6) is 0 Å². The maximum atomic E-state index is 14.1. The van der Waals surface area contributed by atoms with Crippen LogP contribution in [0.15, 0.2) is 16.5 Å². The van der Waals surface area contributed by atoms with E-state index in [1.165, 1.54) is 0 Å². The number of nitrogens with zero attached hydrogens (tertiary/aromatic N) is 2. The lowest BCUT2D eigenvalue weighted by Crippen LogP contribution is -2.21. The molecule has 0 aliphatic heterocycles. The Kier molecular flexibility index (Phi) is 5.30. The molecule has 0 aliphatic carbocycles. The van der Waals surface area contributed by atoms with Crippen LogP contribution in [-0.4, -0.2) is 19.6 Å². The summed E-state index contributed by atoms with van der Waals surface area (Å²) in [4.78, 5) is 9.70. The second-order valence-corrected chi connectivity index (χ2v) is 7.55. The molecule has 1 atom stereocenters. The first-order chi connectivity index (χ1) is 10.2. The third-order valence-electron chi connectivity index (χ3n) is 2.71. The minimum absolute atomic E-state index is 0.118. The van der Waals surface area contributed by atoms with E-state index < -0.39 is 49.5 Å². The van der Waals surface area contributed by atoms with E-state index in [2.05, 4.69) is 4.40 Å². The Bertz CT molecular complexity index is 694. The molecule has 1 aromatic carbocycles. The first-order valence-corrected chi connectivity index (χ1v) is 7.38. The van der Waals surface area contributed by atoms with Crippen molar-refractivity contribution >= 4 is 22.4 Å². The van der Waals surface area contributed by atoms with Gasteiger partial charge in [0.15, 0.2) is 0 Å². The molecule has 23 heavy (non-hydrogen) atoms. The number of hydrogen-bond donors (Lipinski definition) is 0. The van der Waals surface area contributed by atoms with Gasteiger partial charge in [0.1, 0.15) is 16.8 Å². The Balaban J connectivity index is 3.58. The fraction of sp³-hybridized carbons (Fsp3) is 0.462. The van der Waals surface area contributed by atoms with Crippen molar-refractivity contribution in [2.45, 2.75) is 38.6 Å². The summed E-state index contributed by atoms with van der Waals surface area (Å²) in [5.74, 6) is -1.68. The van der Waals surface area contributed by atoms with Gasteiger partial charge in [0.05, 0.1) is 20.9 Å². The van der Waals surface area contributed by atoms with Crippen molar-refractivity contribution in [2.75, 3.05) is 0 Å². The second kappa shape index (κ2) is 6.34. The number of nitro groups is 1. The lowest BCUT2D eigenvalue weighted by molar-refractivity contribution is -0.385. The molecule has 5 nitrogen and oxygen atoms in total. The molecular formula is C13H14F4N2O3S. The number of non-ortho nitro benzene ring substituents is 1. The van der Waals surface area contributed by atoms with Crippen molar-refractivity contribution in [2.24, 2.45) is 4.40 Å². The number of hydrogen-bond acceptors (Lipinski definition) is 3. The predicted molar refractivity (Wildman–Crippen MR) is 78.2 cm³/mol. The Labute approximate surface area is 132 Å². The highest BCUT2D eigenvalue weighted by atomic mass is 32.2. The van der Waals surface area contributed by atoms with Crippen molar-refractivity contribution in [3.05, 3.63) is 39.2 Å². The maximum Gasteiger partial charge on any atom is 0.419 e. The first-order valence-electron chi connectivity index (χ1n) is 6.28. The van der Waals surface area contributed by atoms with Crippen LogP contribution in [0, 0.1) is 15.9 Å². The monoisotopic (exact) mass is 354 g/mol. The van der Waals surface area contributed by atoms with Crippen molar-refractivity contribution in [3.8, 4) is 0 Å². The molecule has 1 aromatic rings. The molecule has 0 spiro atoms. The summed E-state index contributed by atoms with van der Waals surface area (Å²) in [7, 11) is -1.85. The van der Waals surface area contributed by atoms with E-state index in [1.54, 1.807) is 20.8 Å². The standard InChI is InChI=1S/C13H14F4N2O3S/c1-7(18-23(22)12(2,3)4)9-5-8(19(20)21)6-10(11(9)14)13(15,16)17/h5-6H,1-4H3/b18-7-/t23-/m1/s1. The molecule has 0 aliphatic rings. The van der Waals surface area contributed by atoms with Gasteiger partial charge in [-0.25, -0.2) is 8.60 Å². The molecule has 0 saturated carbocycles. The topological polar surface area (TPSA) is 72.6 Å². The summed E-state index contributed by atoms with van der Waals surface area (Å²) in [6, 6.07) is 0.760. The molecule has 0 N–H and O–H groups in total. The van der Waals surface area contributed by atoms with Crippen LogP contribution < -0.4 is 0 Å². The van der Waals surface area contributed by atoms with Gasteiger partial charge in [-0.15, -0.1) is 0 Å². The molecule has 0 amide bonds. The fourth-order valence-electron chi connectivity index (χ4n) is 1.49. The van der Waals surface area contributed by atoms with E-state index in [1.807, 2.05) is 0 Å². The van der Waals surface area contributed by atoms with Crippen molar-refractivity contribution in [1.29, 1.82) is 0 Å². The average Bonchev–Trinajstić information content (AvgIpc) is 2.35. The smallest absolute Gasteiger partial charge is 0.258 e. The van der Waals surface area contributed by atoms with Crippen LogP contribution in [-0.2, 0) is 17.2 Å². The van der Waals surface area contributed by atoms with E-state index in [0.29, 0.717) is 6.07 Å². The van der Waals surface area contributed by atoms with Crippen LogP contribution in [0.3, 0.4) is 0 Å². The number of halogens is 4. The third kappa shape index (κ3) is 4.57. The molecule has 10 heteroatoms. The van der Waals surface area contributed by atoms with Crippen molar-refractivity contribution in [1.82, 2.24) is 0 Å². The van der Waals surface area contributed by atoms with E-state index in [0.717, 1.165) is 6.92 Å². The summed E-state index contributed by atoms with van der Waals surface area (Å²) in [6.07, 6.45) is -5.10. The molecule has 0 saturated heterocycles. The van der Waals surface area contributed by atoms with E-state index in [9.17, 15) is 31.9 Å². The second-order valence-electron chi connectivity index (χ2n) is 5.65. The Morgan fingerprint density at radius 2 is 1.78 bits per heavy atom. The lowest BCUT2D eigenvalue weighted by Gasteiger charge is -2.15. The van der Waals surface area contributed by atoms with Gasteiger partial charge in [-0.3, -0.25) is 10.1 Å². The molecule has 0 unspecified atom stereocenters. The average molecular weight is 354 g/mol. The summed E-state index contributed by atoms with van der Waals surface area (Å²) in [6.45, 7) is 5.87. The maximum absolute atomic E-state index is 14.1. The third-order valence-corrected chi connectivity index (χ3v) is 4.19. The molecular weight excluding hydrogens is 340 g/mol. The van der Waals surface area contributed by atoms with Gasteiger partial charge in [0.25, 0.3) is 5.69 Å². The summed E-state index contributed by atoms with van der Waals surface area (Å²) in [5.41, 5.74) is -3.71. The number of alkyl halides is 3. The molecule has 0 heterocycles. The van der Waals surface area contributed by atoms with E-state index >= 15 is 0 Å². The zero-order valence-electron chi connectivity index (χ0n) is 12.7. The predicted octanol–water partition coefficient (Wildman–Crippen LogP) is 4.02. The fourth-order valence-corrected chi connectivity index (χ4v) is 2.12.